The molecule has 1 heterocycles. The van der Waals surface area contributed by atoms with Gasteiger partial charge in [0, 0.05) is 23.6 Å². The highest BCUT2D eigenvalue weighted by Gasteiger charge is 2.25. The van der Waals surface area contributed by atoms with E-state index < -0.39 is 0 Å². The van der Waals surface area contributed by atoms with Gasteiger partial charge >= 0.3 is 0 Å². The minimum absolute atomic E-state index is 0.510. The summed E-state index contributed by atoms with van der Waals surface area (Å²) in [6, 6.07) is 6.69. The predicted molar refractivity (Wildman–Crippen MR) is 80.8 cm³/mol. The zero-order valence-electron chi connectivity index (χ0n) is 10.7. The van der Waals surface area contributed by atoms with Crippen molar-refractivity contribution >= 4 is 27.5 Å². The first-order chi connectivity index (χ1) is 8.60. The van der Waals surface area contributed by atoms with Gasteiger partial charge in [-0.3, -0.25) is 4.90 Å². The number of hydrogen-bond donors (Lipinski definition) is 1. The molecule has 2 unspecified atom stereocenters. The molecule has 2 atom stereocenters. The van der Waals surface area contributed by atoms with Gasteiger partial charge in [0.15, 0.2) is 0 Å². The summed E-state index contributed by atoms with van der Waals surface area (Å²) >= 11 is 9.56. The Morgan fingerprint density at radius 3 is 2.94 bits per heavy atom. The third-order valence-corrected chi connectivity index (χ3v) is 4.97. The largest absolute Gasteiger partial charge is 0.329 e. The monoisotopic (exact) mass is 330 g/mol. The molecule has 1 fully saturated rings. The number of likely N-dealkylation sites (tertiary alicyclic amines) is 1. The lowest BCUT2D eigenvalue weighted by Gasteiger charge is -2.38. The molecular formula is C14H20BrClN2. The zero-order chi connectivity index (χ0) is 13.1. The second kappa shape index (κ2) is 6.38. The summed E-state index contributed by atoms with van der Waals surface area (Å²) in [5.41, 5.74) is 7.15. The van der Waals surface area contributed by atoms with Crippen LogP contribution in [0, 0.1) is 5.92 Å². The van der Waals surface area contributed by atoms with E-state index in [4.69, 9.17) is 17.3 Å². The molecule has 1 saturated heterocycles. The van der Waals surface area contributed by atoms with Gasteiger partial charge in [0.05, 0.1) is 5.02 Å². The van der Waals surface area contributed by atoms with Crippen LogP contribution in [0.3, 0.4) is 0 Å². The van der Waals surface area contributed by atoms with Gasteiger partial charge in [-0.15, -0.1) is 0 Å². The van der Waals surface area contributed by atoms with E-state index in [9.17, 15) is 0 Å². The Kier molecular flexibility index (Phi) is 5.07. The van der Waals surface area contributed by atoms with Gasteiger partial charge in [-0.05, 0) is 58.9 Å². The number of benzene rings is 1. The average Bonchev–Trinajstić information content (AvgIpc) is 2.36. The van der Waals surface area contributed by atoms with Crippen LogP contribution in [-0.2, 0) is 6.54 Å². The molecule has 18 heavy (non-hydrogen) atoms. The molecule has 1 aliphatic rings. The summed E-state index contributed by atoms with van der Waals surface area (Å²) in [5.74, 6) is 0.795. The van der Waals surface area contributed by atoms with Gasteiger partial charge < -0.3 is 5.73 Å². The fourth-order valence-electron chi connectivity index (χ4n) is 2.63. The van der Waals surface area contributed by atoms with Crippen LogP contribution in [-0.4, -0.2) is 24.0 Å². The van der Waals surface area contributed by atoms with Crippen LogP contribution in [0.5, 0.6) is 0 Å². The van der Waals surface area contributed by atoms with Gasteiger partial charge in [0.25, 0.3) is 0 Å². The van der Waals surface area contributed by atoms with Crippen LogP contribution in [0.2, 0.25) is 5.02 Å². The lowest BCUT2D eigenvalue weighted by Crippen LogP contribution is -2.45. The first-order valence-corrected chi connectivity index (χ1v) is 7.65. The summed E-state index contributed by atoms with van der Waals surface area (Å²) in [6.45, 7) is 5.14. The van der Waals surface area contributed by atoms with Gasteiger partial charge in [0.1, 0.15) is 0 Å². The number of rotatable bonds is 3. The first-order valence-electron chi connectivity index (χ1n) is 6.48. The number of nitrogens with zero attached hydrogens (tertiary/aromatic N) is 1. The first kappa shape index (κ1) is 14.3. The SMILES string of the molecule is CC1CCN(Cc2ccc(Br)c(Cl)c2)C(CN)C1. The lowest BCUT2D eigenvalue weighted by molar-refractivity contribution is 0.115. The summed E-state index contributed by atoms with van der Waals surface area (Å²) in [6.07, 6.45) is 2.47. The van der Waals surface area contributed by atoms with Crippen molar-refractivity contribution in [3.63, 3.8) is 0 Å². The number of piperidine rings is 1. The molecule has 2 rings (SSSR count). The summed E-state index contributed by atoms with van der Waals surface area (Å²) in [5, 5.41) is 0.780. The van der Waals surface area contributed by atoms with Crippen molar-refractivity contribution in [3.8, 4) is 0 Å². The van der Waals surface area contributed by atoms with Crippen LogP contribution < -0.4 is 5.73 Å². The molecule has 2 N–H and O–H groups in total. The Hall–Kier alpha value is -0.0900. The van der Waals surface area contributed by atoms with Crippen molar-refractivity contribution in [1.29, 1.82) is 0 Å². The number of halogens is 2. The van der Waals surface area contributed by atoms with E-state index in [0.717, 1.165) is 35.0 Å². The number of hydrogen-bond acceptors (Lipinski definition) is 2. The van der Waals surface area contributed by atoms with Gasteiger partial charge in [-0.2, -0.15) is 0 Å². The van der Waals surface area contributed by atoms with Crippen molar-refractivity contribution in [2.45, 2.75) is 32.4 Å². The van der Waals surface area contributed by atoms with Gasteiger partial charge in [-0.25, -0.2) is 0 Å². The van der Waals surface area contributed by atoms with E-state index in [1.54, 1.807) is 0 Å². The van der Waals surface area contributed by atoms with Crippen molar-refractivity contribution in [3.05, 3.63) is 33.3 Å². The Morgan fingerprint density at radius 1 is 1.50 bits per heavy atom. The van der Waals surface area contributed by atoms with Crippen LogP contribution in [0.1, 0.15) is 25.3 Å². The molecule has 1 aromatic carbocycles. The van der Waals surface area contributed by atoms with E-state index in [2.05, 4.69) is 33.8 Å². The van der Waals surface area contributed by atoms with E-state index in [1.807, 2.05) is 12.1 Å². The average molecular weight is 332 g/mol. The molecule has 100 valence electrons. The van der Waals surface area contributed by atoms with Crippen LogP contribution in [0.25, 0.3) is 0 Å². The van der Waals surface area contributed by atoms with E-state index in [-0.39, 0.29) is 0 Å². The topological polar surface area (TPSA) is 29.3 Å². The van der Waals surface area contributed by atoms with Crippen LogP contribution in [0.4, 0.5) is 0 Å². The smallest absolute Gasteiger partial charge is 0.0551 e. The lowest BCUT2D eigenvalue weighted by atomic mass is 9.92. The fraction of sp³-hybridized carbons (Fsp3) is 0.571. The summed E-state index contributed by atoms with van der Waals surface area (Å²) in [7, 11) is 0. The molecular weight excluding hydrogens is 312 g/mol. The maximum Gasteiger partial charge on any atom is 0.0551 e. The maximum absolute atomic E-state index is 6.13. The highest BCUT2D eigenvalue weighted by molar-refractivity contribution is 9.10. The van der Waals surface area contributed by atoms with Crippen molar-refractivity contribution in [2.24, 2.45) is 11.7 Å². The zero-order valence-corrected chi connectivity index (χ0v) is 13.0. The molecule has 0 radical (unpaired) electrons. The van der Waals surface area contributed by atoms with E-state index in [1.165, 1.54) is 18.4 Å². The molecule has 0 saturated carbocycles. The predicted octanol–water partition coefficient (Wildman–Crippen LogP) is 3.66. The Morgan fingerprint density at radius 2 is 2.28 bits per heavy atom. The van der Waals surface area contributed by atoms with Gasteiger partial charge in [-0.1, -0.05) is 24.6 Å². The highest BCUT2D eigenvalue weighted by atomic mass is 79.9. The third-order valence-electron chi connectivity index (χ3n) is 3.74. The molecule has 0 aromatic heterocycles. The molecule has 0 spiro atoms. The Balaban J connectivity index is 2.05. The van der Waals surface area contributed by atoms with Crippen molar-refractivity contribution < 1.29 is 0 Å². The normalized spacial score (nSPS) is 25.3. The fourth-order valence-corrected chi connectivity index (χ4v) is 3.08. The minimum atomic E-state index is 0.510. The Bertz CT molecular complexity index is 411. The number of nitrogens with two attached hydrogens (primary N) is 1. The third kappa shape index (κ3) is 3.47. The molecule has 0 aliphatic carbocycles. The van der Waals surface area contributed by atoms with Crippen LogP contribution in [0.15, 0.2) is 22.7 Å². The standard InChI is InChI=1S/C14H20BrClN2/c1-10-4-5-18(12(6-10)8-17)9-11-2-3-13(15)14(16)7-11/h2-3,7,10,12H,4-6,8-9,17H2,1H3. The van der Waals surface area contributed by atoms with Crippen molar-refractivity contribution in [1.82, 2.24) is 4.90 Å². The molecule has 1 aliphatic heterocycles. The van der Waals surface area contributed by atoms with E-state index in [0.29, 0.717) is 6.04 Å². The molecule has 0 bridgehead atoms. The minimum Gasteiger partial charge on any atom is -0.329 e. The maximum atomic E-state index is 6.13. The highest BCUT2D eigenvalue weighted by Crippen LogP contribution is 2.27. The quantitative estimate of drug-likeness (QED) is 0.916. The van der Waals surface area contributed by atoms with Crippen molar-refractivity contribution in [2.75, 3.05) is 13.1 Å². The van der Waals surface area contributed by atoms with Crippen LogP contribution >= 0.6 is 27.5 Å². The summed E-state index contributed by atoms with van der Waals surface area (Å²) in [4.78, 5) is 2.49. The Labute approximate surface area is 123 Å². The molecule has 1 aromatic rings. The second-order valence-corrected chi connectivity index (χ2v) is 6.50. The molecule has 4 heteroatoms. The van der Waals surface area contributed by atoms with Gasteiger partial charge in [0.2, 0.25) is 0 Å². The molecule has 2 nitrogen and oxygen atoms in total. The summed E-state index contributed by atoms with van der Waals surface area (Å²) < 4.78 is 0.954. The van der Waals surface area contributed by atoms with E-state index >= 15 is 0 Å². The molecule has 0 amide bonds. The second-order valence-electron chi connectivity index (χ2n) is 5.24.